The van der Waals surface area contributed by atoms with Crippen LogP contribution in [0.5, 0.6) is 0 Å². The number of nitriles is 1. The lowest BCUT2D eigenvalue weighted by Crippen LogP contribution is -2.66. The summed E-state index contributed by atoms with van der Waals surface area (Å²) in [6, 6.07) is 2.17. The normalized spacial score (nSPS) is 46.1. The summed E-state index contributed by atoms with van der Waals surface area (Å²) >= 11 is 0. The number of fused-ring (bicyclic) bond motifs is 7. The van der Waals surface area contributed by atoms with Crippen LogP contribution in [-0.4, -0.2) is 48.7 Å². The Kier molecular flexibility index (Phi) is 6.18. The lowest BCUT2D eigenvalue weighted by atomic mass is 9.34. The Morgan fingerprint density at radius 1 is 1.00 bits per heavy atom. The lowest BCUT2D eigenvalue weighted by molar-refractivity contribution is -0.185. The first-order valence-electron chi connectivity index (χ1n) is 15.5. The number of ketones is 2. The Balaban J connectivity index is 1.48. The monoisotopic (exact) mass is 546 g/mol. The van der Waals surface area contributed by atoms with Gasteiger partial charge >= 0.3 is 0 Å². The van der Waals surface area contributed by atoms with Crippen molar-refractivity contribution in [2.75, 3.05) is 26.3 Å². The molecule has 1 aliphatic heterocycles. The van der Waals surface area contributed by atoms with E-state index >= 15 is 0 Å². The Morgan fingerprint density at radius 3 is 2.35 bits per heavy atom. The Morgan fingerprint density at radius 2 is 1.68 bits per heavy atom. The van der Waals surface area contributed by atoms with Gasteiger partial charge in [0.1, 0.15) is 6.07 Å². The number of carbonyl (C=O) groups excluding carboxylic acids is 3. The highest BCUT2D eigenvalue weighted by Crippen LogP contribution is 2.74. The molecule has 1 saturated heterocycles. The van der Waals surface area contributed by atoms with Gasteiger partial charge in [0, 0.05) is 30.3 Å². The molecule has 1 heterocycles. The molecule has 6 aliphatic rings. The number of allylic oxidation sites excluding steroid dienone is 4. The topological polar surface area (TPSA) is 87.5 Å². The molecule has 2 unspecified atom stereocenters. The quantitative estimate of drug-likeness (QED) is 0.423. The molecule has 0 N–H and O–H groups in total. The van der Waals surface area contributed by atoms with Gasteiger partial charge < -0.3 is 9.64 Å². The van der Waals surface area contributed by atoms with Crippen LogP contribution in [0.2, 0.25) is 0 Å². The summed E-state index contributed by atoms with van der Waals surface area (Å²) in [4.78, 5) is 44.0. The summed E-state index contributed by atoms with van der Waals surface area (Å²) in [5.41, 5.74) is -0.0906. The molecule has 0 radical (unpaired) electrons. The predicted octanol–water partition coefficient (Wildman–Crippen LogP) is 5.67. The van der Waals surface area contributed by atoms with E-state index in [0.717, 1.165) is 50.5 Å². The number of morpholine rings is 1. The van der Waals surface area contributed by atoms with Gasteiger partial charge in [-0.1, -0.05) is 53.2 Å². The predicted molar refractivity (Wildman–Crippen MR) is 152 cm³/mol. The van der Waals surface area contributed by atoms with Gasteiger partial charge in [-0.15, -0.1) is 0 Å². The van der Waals surface area contributed by atoms with Gasteiger partial charge in [-0.2, -0.15) is 5.26 Å². The molecular weight excluding hydrogens is 500 g/mol. The van der Waals surface area contributed by atoms with E-state index in [1.807, 2.05) is 24.0 Å². The van der Waals surface area contributed by atoms with E-state index in [1.165, 1.54) is 0 Å². The maximum atomic E-state index is 14.6. The van der Waals surface area contributed by atoms with Crippen molar-refractivity contribution >= 4 is 17.5 Å². The smallest absolute Gasteiger partial charge is 0.229 e. The largest absolute Gasteiger partial charge is 0.378 e. The molecule has 0 aromatic carbocycles. The van der Waals surface area contributed by atoms with Crippen molar-refractivity contribution in [3.8, 4) is 6.07 Å². The Bertz CT molecular complexity index is 1270. The van der Waals surface area contributed by atoms with Crippen LogP contribution < -0.4 is 0 Å². The van der Waals surface area contributed by atoms with Crippen LogP contribution in [0.1, 0.15) is 86.5 Å². The number of hydrogen-bond acceptors (Lipinski definition) is 5. The van der Waals surface area contributed by atoms with Crippen molar-refractivity contribution in [3.05, 3.63) is 23.3 Å². The minimum atomic E-state index is -0.501. The molecule has 0 spiro atoms. The number of Topliss-reactive ketones (excluding diaryl/α,β-unsaturated/α-hetero) is 1. The molecule has 0 aromatic heterocycles. The molecule has 6 rings (SSSR count). The van der Waals surface area contributed by atoms with Crippen LogP contribution in [0, 0.1) is 62.1 Å². The van der Waals surface area contributed by atoms with Crippen LogP contribution in [0.4, 0.5) is 0 Å². The first-order valence-corrected chi connectivity index (χ1v) is 15.5. The number of nitrogens with zero attached hydrogens (tertiary/aromatic N) is 2. The number of hydrogen-bond donors (Lipinski definition) is 0. The maximum absolute atomic E-state index is 14.6. The zero-order valence-corrected chi connectivity index (χ0v) is 25.3. The molecule has 0 aromatic rings. The molecule has 5 aliphatic carbocycles. The maximum Gasteiger partial charge on any atom is 0.229 e. The van der Waals surface area contributed by atoms with Gasteiger partial charge in [-0.3, -0.25) is 14.4 Å². The minimum absolute atomic E-state index is 0.00932. The van der Waals surface area contributed by atoms with Crippen LogP contribution in [0.15, 0.2) is 23.3 Å². The first-order chi connectivity index (χ1) is 18.7. The van der Waals surface area contributed by atoms with Crippen molar-refractivity contribution in [2.24, 2.45) is 50.7 Å². The van der Waals surface area contributed by atoms with E-state index in [2.05, 4.69) is 40.7 Å². The van der Waals surface area contributed by atoms with Gasteiger partial charge in [-0.05, 0) is 79.1 Å². The number of carbonyl (C=O) groups is 3. The second-order valence-electron chi connectivity index (χ2n) is 15.5. The zero-order valence-electron chi connectivity index (χ0n) is 25.3. The van der Waals surface area contributed by atoms with Crippen molar-refractivity contribution in [2.45, 2.75) is 86.5 Å². The van der Waals surface area contributed by atoms with E-state index < -0.39 is 10.8 Å². The fourth-order valence-electron chi connectivity index (χ4n) is 10.7. The average molecular weight is 547 g/mol. The SMILES string of the molecule is C[C@@H]1C(=O)C(C#N)=C[C@]2(C)C3=CC(=O)C4C5CC(C)(C)CC[C@]5(C(=O)N5CCOCC5)CC[C@@]4(C)[C@]3(C)CC[C@@H]12. The average Bonchev–Trinajstić information content (AvgIpc) is 2.92. The highest BCUT2D eigenvalue weighted by molar-refractivity contribution is 6.02. The summed E-state index contributed by atoms with van der Waals surface area (Å²) < 4.78 is 5.58. The third-order valence-electron chi connectivity index (χ3n) is 13.2. The zero-order chi connectivity index (χ0) is 28.9. The third-order valence-corrected chi connectivity index (χ3v) is 13.2. The van der Waals surface area contributed by atoms with E-state index in [-0.39, 0.29) is 63.0 Å². The van der Waals surface area contributed by atoms with Crippen molar-refractivity contribution in [3.63, 3.8) is 0 Å². The van der Waals surface area contributed by atoms with Crippen molar-refractivity contribution in [1.82, 2.24) is 4.90 Å². The number of ether oxygens (including phenoxy) is 1. The lowest BCUT2D eigenvalue weighted by Gasteiger charge is -2.68. The van der Waals surface area contributed by atoms with Gasteiger partial charge in [0.05, 0.1) is 24.2 Å². The fraction of sp³-hybridized carbons (Fsp3) is 0.765. The van der Waals surface area contributed by atoms with Gasteiger partial charge in [-0.25, -0.2) is 0 Å². The molecule has 6 nitrogen and oxygen atoms in total. The minimum Gasteiger partial charge on any atom is -0.378 e. The molecule has 6 heteroatoms. The second kappa shape index (κ2) is 8.87. The molecule has 3 saturated carbocycles. The summed E-state index contributed by atoms with van der Waals surface area (Å²) in [5, 5.41) is 9.83. The highest BCUT2D eigenvalue weighted by atomic mass is 16.5. The van der Waals surface area contributed by atoms with Crippen LogP contribution >= 0.6 is 0 Å². The van der Waals surface area contributed by atoms with Crippen LogP contribution in [0.3, 0.4) is 0 Å². The van der Waals surface area contributed by atoms with Gasteiger partial charge in [0.25, 0.3) is 0 Å². The summed E-state index contributed by atoms with van der Waals surface area (Å²) in [5.74, 6) is 0.00665. The molecule has 4 fully saturated rings. The van der Waals surface area contributed by atoms with E-state index in [0.29, 0.717) is 26.3 Å². The molecule has 1 amide bonds. The number of rotatable bonds is 1. The molecule has 216 valence electrons. The van der Waals surface area contributed by atoms with E-state index in [1.54, 1.807) is 0 Å². The summed E-state index contributed by atoms with van der Waals surface area (Å²) in [6.45, 7) is 15.9. The number of amides is 1. The molecule has 8 atom stereocenters. The van der Waals surface area contributed by atoms with Gasteiger partial charge in [0.2, 0.25) is 5.91 Å². The summed E-state index contributed by atoms with van der Waals surface area (Å²) in [6.07, 6.45) is 10.1. The van der Waals surface area contributed by atoms with E-state index in [4.69, 9.17) is 4.74 Å². The molecule has 40 heavy (non-hydrogen) atoms. The van der Waals surface area contributed by atoms with Gasteiger partial charge in [0.15, 0.2) is 11.6 Å². The summed E-state index contributed by atoms with van der Waals surface area (Å²) in [7, 11) is 0. The first kappa shape index (κ1) is 27.9. The van der Waals surface area contributed by atoms with Crippen LogP contribution in [-0.2, 0) is 19.1 Å². The molecular formula is C34H46N2O4. The van der Waals surface area contributed by atoms with E-state index in [9.17, 15) is 19.6 Å². The Hall–Kier alpha value is -2.26. The third kappa shape index (κ3) is 3.52. The van der Waals surface area contributed by atoms with Crippen molar-refractivity contribution in [1.29, 1.82) is 5.26 Å². The molecule has 0 bridgehead atoms. The van der Waals surface area contributed by atoms with Crippen molar-refractivity contribution < 1.29 is 19.1 Å². The Labute approximate surface area is 239 Å². The van der Waals surface area contributed by atoms with Crippen LogP contribution in [0.25, 0.3) is 0 Å². The fourth-order valence-corrected chi connectivity index (χ4v) is 10.7. The standard InChI is InChI=1S/C34H46N2O4/c1-21-23-7-8-32(5)26(31(23,4)18-22(20-35)28(21)38)17-25(37)27-24-19-30(2,3)9-11-34(24,12-10-33(27,32)6)29(39)36-13-15-40-16-14-36/h17-18,21,23-24,27H,7-16,19H2,1-6H3/t21-,23-,24?,27?,31-,32+,33+,34-/m0/s1. The second-order valence-corrected chi connectivity index (χ2v) is 15.5. The highest BCUT2D eigenvalue weighted by Gasteiger charge is 2.70.